The van der Waals surface area contributed by atoms with Crippen LogP contribution in [0.5, 0.6) is 0 Å². The van der Waals surface area contributed by atoms with Gasteiger partial charge in [-0.2, -0.15) is 0 Å². The monoisotopic (exact) mass is 635 g/mol. The van der Waals surface area contributed by atoms with E-state index >= 15 is 0 Å². The Hall–Kier alpha value is -6.44. The zero-order valence-electron chi connectivity index (χ0n) is 27.6. The summed E-state index contributed by atoms with van der Waals surface area (Å²) in [5.41, 5.74) is 11.2. The van der Waals surface area contributed by atoms with Crippen molar-refractivity contribution in [2.45, 2.75) is 6.42 Å². The fraction of sp³-hybridized carbons (Fsp3) is 0.0204. The quantitative estimate of drug-likeness (QED) is 0.166. The van der Waals surface area contributed by atoms with Crippen LogP contribution in [0, 0.1) is 0 Å². The van der Waals surface area contributed by atoms with Gasteiger partial charge in [0.05, 0.1) is 11.0 Å². The van der Waals surface area contributed by atoms with Crippen molar-refractivity contribution in [3.63, 3.8) is 0 Å². The first-order chi connectivity index (χ1) is 24.8. The largest absolute Gasteiger partial charge is 0.309 e. The summed E-state index contributed by atoms with van der Waals surface area (Å²) in [6.07, 6.45) is 0.895. The van der Waals surface area contributed by atoms with Crippen molar-refractivity contribution in [1.29, 1.82) is 0 Å². The van der Waals surface area contributed by atoms with Crippen molar-refractivity contribution in [2.75, 3.05) is 0 Å². The Morgan fingerprint density at radius 1 is 0.360 bits per heavy atom. The second-order valence-corrected chi connectivity index (χ2v) is 13.3. The fourth-order valence-corrected chi connectivity index (χ4v) is 8.12. The lowest BCUT2D eigenvalue weighted by Crippen LogP contribution is -1.94. The van der Waals surface area contributed by atoms with Crippen LogP contribution in [0.25, 0.3) is 82.1 Å². The molecule has 10 aromatic rings. The van der Waals surface area contributed by atoms with Gasteiger partial charge >= 0.3 is 0 Å². The van der Waals surface area contributed by atoms with Gasteiger partial charge in [-0.3, -0.25) is 0 Å². The van der Waals surface area contributed by atoms with Crippen molar-refractivity contribution in [1.82, 2.24) is 4.57 Å². The minimum atomic E-state index is 0.895. The molecule has 0 saturated heterocycles. The standard InChI is InChI=1S/C49H33N/c1-3-13-33(14-4-1)29-38-30-35-16-8-10-21-42(35)49-43(23-12-24-44(38)49)37-25-27-45-46-31-36(41-22-11-17-34-15-7-9-20-40(34)41)26-28-47(46)50(48(45)32-37)39-18-5-2-6-19-39/h1-28,30-32H,29H2. The van der Waals surface area contributed by atoms with Crippen LogP contribution in [0.15, 0.2) is 188 Å². The molecular weight excluding hydrogens is 603 g/mol. The summed E-state index contributed by atoms with van der Waals surface area (Å²) in [5.74, 6) is 0. The van der Waals surface area contributed by atoms with Gasteiger partial charge in [-0.15, -0.1) is 0 Å². The third-order valence-corrected chi connectivity index (χ3v) is 10.4. The van der Waals surface area contributed by atoms with Crippen LogP contribution in [0.1, 0.15) is 11.1 Å². The van der Waals surface area contributed by atoms with Gasteiger partial charge in [-0.25, -0.2) is 0 Å². The Labute approximate surface area is 291 Å². The zero-order chi connectivity index (χ0) is 33.0. The molecule has 0 aliphatic heterocycles. The van der Waals surface area contributed by atoms with E-state index in [1.165, 1.54) is 87.5 Å². The highest BCUT2D eigenvalue weighted by molar-refractivity contribution is 6.17. The molecule has 0 aliphatic rings. The number of para-hydroxylation sites is 1. The van der Waals surface area contributed by atoms with Crippen LogP contribution in [-0.2, 0) is 6.42 Å². The maximum Gasteiger partial charge on any atom is 0.0547 e. The van der Waals surface area contributed by atoms with Crippen LogP contribution in [-0.4, -0.2) is 4.57 Å². The molecule has 0 atom stereocenters. The number of benzene rings is 9. The van der Waals surface area contributed by atoms with E-state index in [9.17, 15) is 0 Å². The molecule has 50 heavy (non-hydrogen) atoms. The molecule has 0 saturated carbocycles. The molecule has 1 heteroatoms. The molecule has 1 heterocycles. The molecule has 0 amide bonds. The minimum absolute atomic E-state index is 0.895. The summed E-state index contributed by atoms with van der Waals surface area (Å²) in [7, 11) is 0. The van der Waals surface area contributed by atoms with Crippen molar-refractivity contribution in [3.05, 3.63) is 199 Å². The number of fused-ring (bicyclic) bond motifs is 7. The van der Waals surface area contributed by atoms with Crippen LogP contribution in [0.4, 0.5) is 0 Å². The third-order valence-electron chi connectivity index (χ3n) is 10.4. The van der Waals surface area contributed by atoms with E-state index in [0.717, 1.165) is 12.1 Å². The first-order valence-electron chi connectivity index (χ1n) is 17.4. The molecule has 10 rings (SSSR count). The zero-order valence-corrected chi connectivity index (χ0v) is 27.6. The van der Waals surface area contributed by atoms with Gasteiger partial charge in [0.15, 0.2) is 0 Å². The Morgan fingerprint density at radius 2 is 1.00 bits per heavy atom. The van der Waals surface area contributed by atoms with Gasteiger partial charge in [0.2, 0.25) is 0 Å². The van der Waals surface area contributed by atoms with E-state index in [2.05, 4.69) is 193 Å². The molecule has 0 radical (unpaired) electrons. The van der Waals surface area contributed by atoms with Crippen molar-refractivity contribution < 1.29 is 0 Å². The predicted octanol–water partition coefficient (Wildman–Crippen LogP) is 13.2. The lowest BCUT2D eigenvalue weighted by atomic mass is 9.89. The van der Waals surface area contributed by atoms with Crippen molar-refractivity contribution >= 4 is 54.1 Å². The summed E-state index contributed by atoms with van der Waals surface area (Å²) < 4.78 is 2.44. The average Bonchev–Trinajstić information content (AvgIpc) is 3.51. The average molecular weight is 636 g/mol. The second-order valence-electron chi connectivity index (χ2n) is 13.3. The number of hydrogen-bond acceptors (Lipinski definition) is 0. The molecule has 0 N–H and O–H groups in total. The topological polar surface area (TPSA) is 4.93 Å². The van der Waals surface area contributed by atoms with Crippen LogP contribution in [0.3, 0.4) is 0 Å². The minimum Gasteiger partial charge on any atom is -0.309 e. The van der Waals surface area contributed by atoms with E-state index in [1.54, 1.807) is 0 Å². The SMILES string of the molecule is c1ccc(Cc2cc3ccccc3c3c(-c4ccc5c6cc(-c7cccc8ccccc78)ccc6n(-c6ccccc6)c5c4)cccc23)cc1. The summed E-state index contributed by atoms with van der Waals surface area (Å²) in [6.45, 7) is 0. The van der Waals surface area contributed by atoms with Gasteiger partial charge in [0.25, 0.3) is 0 Å². The molecule has 1 aromatic heterocycles. The van der Waals surface area contributed by atoms with E-state index in [1.807, 2.05) is 0 Å². The summed E-state index contributed by atoms with van der Waals surface area (Å²) in [4.78, 5) is 0. The summed E-state index contributed by atoms with van der Waals surface area (Å²) >= 11 is 0. The Morgan fingerprint density at radius 3 is 1.86 bits per heavy atom. The molecule has 0 aliphatic carbocycles. The fourth-order valence-electron chi connectivity index (χ4n) is 8.12. The maximum absolute atomic E-state index is 2.44. The molecule has 1 nitrogen and oxygen atoms in total. The van der Waals surface area contributed by atoms with Gasteiger partial charge in [0, 0.05) is 16.5 Å². The molecule has 0 fully saturated rings. The highest BCUT2D eigenvalue weighted by Crippen LogP contribution is 2.41. The lowest BCUT2D eigenvalue weighted by Gasteiger charge is -2.15. The number of rotatable bonds is 5. The second kappa shape index (κ2) is 11.6. The highest BCUT2D eigenvalue weighted by Gasteiger charge is 2.17. The smallest absolute Gasteiger partial charge is 0.0547 e. The van der Waals surface area contributed by atoms with Crippen LogP contribution in [0.2, 0.25) is 0 Å². The molecule has 0 unspecified atom stereocenters. The van der Waals surface area contributed by atoms with E-state index in [4.69, 9.17) is 0 Å². The van der Waals surface area contributed by atoms with Crippen LogP contribution >= 0.6 is 0 Å². The Bertz CT molecular complexity index is 2870. The Balaban J connectivity index is 1.22. The normalized spacial score (nSPS) is 11.7. The maximum atomic E-state index is 2.44. The molecule has 9 aromatic carbocycles. The summed E-state index contributed by atoms with van der Waals surface area (Å²) in [6, 6.07) is 69.0. The number of hydrogen-bond donors (Lipinski definition) is 0. The summed E-state index contributed by atoms with van der Waals surface area (Å²) in [5, 5.41) is 10.2. The van der Waals surface area contributed by atoms with E-state index in [-0.39, 0.29) is 0 Å². The first-order valence-corrected chi connectivity index (χ1v) is 17.4. The third kappa shape index (κ3) is 4.63. The van der Waals surface area contributed by atoms with Crippen molar-refractivity contribution in [3.8, 4) is 27.9 Å². The van der Waals surface area contributed by atoms with Crippen LogP contribution < -0.4 is 0 Å². The van der Waals surface area contributed by atoms with Gasteiger partial charge < -0.3 is 4.57 Å². The van der Waals surface area contributed by atoms with Gasteiger partial charge in [-0.05, 0) is 102 Å². The number of nitrogens with zero attached hydrogens (tertiary/aromatic N) is 1. The van der Waals surface area contributed by atoms with Gasteiger partial charge in [0.1, 0.15) is 0 Å². The molecule has 234 valence electrons. The number of aromatic nitrogens is 1. The predicted molar refractivity (Wildman–Crippen MR) is 213 cm³/mol. The molecular formula is C49H33N. The lowest BCUT2D eigenvalue weighted by molar-refractivity contribution is 1.18. The highest BCUT2D eigenvalue weighted by atomic mass is 15.0. The first kappa shape index (κ1) is 28.6. The Kier molecular flexibility index (Phi) is 6.63. The molecule has 0 bridgehead atoms. The van der Waals surface area contributed by atoms with Gasteiger partial charge in [-0.1, -0.05) is 158 Å². The van der Waals surface area contributed by atoms with E-state index in [0.29, 0.717) is 0 Å². The molecule has 0 spiro atoms. The van der Waals surface area contributed by atoms with Crippen molar-refractivity contribution in [2.24, 2.45) is 0 Å². The van der Waals surface area contributed by atoms with E-state index < -0.39 is 0 Å².